The van der Waals surface area contributed by atoms with Crippen LogP contribution in [0.5, 0.6) is 0 Å². The van der Waals surface area contributed by atoms with E-state index in [-0.39, 0.29) is 0 Å². The van der Waals surface area contributed by atoms with Crippen LogP contribution in [0.2, 0.25) is 0 Å². The van der Waals surface area contributed by atoms with E-state index in [1.165, 1.54) is 15.7 Å². The SMILES string of the molecule is COC(=O)C1CCCN1S(=O)(=O)N1CCCCCC1. The Kier molecular flexibility index (Phi) is 4.81. The molecule has 2 heterocycles. The van der Waals surface area contributed by atoms with E-state index in [4.69, 9.17) is 4.74 Å². The molecule has 0 aromatic heterocycles. The molecule has 0 aromatic carbocycles. The third kappa shape index (κ3) is 3.09. The second kappa shape index (κ2) is 6.19. The molecule has 7 heteroatoms. The predicted octanol–water partition coefficient (Wildman–Crippen LogP) is 0.745. The Hall–Kier alpha value is -0.660. The molecule has 1 unspecified atom stereocenters. The fourth-order valence-electron chi connectivity index (χ4n) is 2.81. The third-order valence-electron chi connectivity index (χ3n) is 3.86. The summed E-state index contributed by atoms with van der Waals surface area (Å²) >= 11 is 0. The quantitative estimate of drug-likeness (QED) is 0.719. The van der Waals surface area contributed by atoms with Crippen LogP contribution < -0.4 is 0 Å². The second-order valence-corrected chi connectivity index (χ2v) is 6.99. The number of hydrogen-bond donors (Lipinski definition) is 0. The highest BCUT2D eigenvalue weighted by Gasteiger charge is 2.42. The van der Waals surface area contributed by atoms with E-state index in [1.807, 2.05) is 0 Å². The van der Waals surface area contributed by atoms with Gasteiger partial charge < -0.3 is 4.74 Å². The Morgan fingerprint density at radius 1 is 1.05 bits per heavy atom. The van der Waals surface area contributed by atoms with E-state index in [0.717, 1.165) is 25.7 Å². The van der Waals surface area contributed by atoms with Crippen molar-refractivity contribution < 1.29 is 17.9 Å². The molecule has 0 aliphatic carbocycles. The predicted molar refractivity (Wildman–Crippen MR) is 70.7 cm³/mol. The van der Waals surface area contributed by atoms with Crippen molar-refractivity contribution in [3.05, 3.63) is 0 Å². The summed E-state index contributed by atoms with van der Waals surface area (Å²) in [7, 11) is -2.22. The van der Waals surface area contributed by atoms with E-state index in [0.29, 0.717) is 32.5 Å². The van der Waals surface area contributed by atoms with Gasteiger partial charge in [0.1, 0.15) is 6.04 Å². The molecule has 0 amide bonds. The lowest BCUT2D eigenvalue weighted by molar-refractivity contribution is -0.144. The van der Waals surface area contributed by atoms with Crippen molar-refractivity contribution in [3.63, 3.8) is 0 Å². The standard InChI is InChI=1S/C12H22N2O4S/c1-18-12(15)11-7-6-10-14(11)19(16,17)13-8-4-2-3-5-9-13/h11H,2-10H2,1H3. The molecule has 0 saturated carbocycles. The zero-order chi connectivity index (χ0) is 13.9. The van der Waals surface area contributed by atoms with Crippen molar-refractivity contribution in [2.75, 3.05) is 26.7 Å². The molecule has 0 spiro atoms. The molecule has 2 aliphatic rings. The van der Waals surface area contributed by atoms with Crippen molar-refractivity contribution in [1.29, 1.82) is 0 Å². The Morgan fingerprint density at radius 3 is 2.26 bits per heavy atom. The zero-order valence-corrected chi connectivity index (χ0v) is 12.2. The van der Waals surface area contributed by atoms with E-state index in [1.54, 1.807) is 0 Å². The zero-order valence-electron chi connectivity index (χ0n) is 11.4. The molecule has 2 aliphatic heterocycles. The number of ether oxygens (including phenoxy) is 1. The largest absolute Gasteiger partial charge is 0.468 e. The lowest BCUT2D eigenvalue weighted by Gasteiger charge is -2.29. The number of esters is 1. The molecule has 0 radical (unpaired) electrons. The molecule has 1 atom stereocenters. The summed E-state index contributed by atoms with van der Waals surface area (Å²) in [5.41, 5.74) is 0. The van der Waals surface area contributed by atoms with Crippen LogP contribution in [0.3, 0.4) is 0 Å². The summed E-state index contributed by atoms with van der Waals surface area (Å²) in [5.74, 6) is -0.448. The Bertz CT molecular complexity index is 415. The van der Waals surface area contributed by atoms with Gasteiger partial charge in [-0.1, -0.05) is 12.8 Å². The molecular formula is C12H22N2O4S. The minimum Gasteiger partial charge on any atom is -0.468 e. The summed E-state index contributed by atoms with van der Waals surface area (Å²) in [5, 5.41) is 0. The fourth-order valence-corrected chi connectivity index (χ4v) is 4.70. The molecular weight excluding hydrogens is 268 g/mol. The minimum absolute atomic E-state index is 0.415. The Labute approximate surface area is 114 Å². The van der Waals surface area contributed by atoms with Gasteiger partial charge in [-0.3, -0.25) is 4.79 Å². The number of carbonyl (C=O) groups is 1. The van der Waals surface area contributed by atoms with Crippen molar-refractivity contribution >= 4 is 16.2 Å². The van der Waals surface area contributed by atoms with Gasteiger partial charge in [-0.2, -0.15) is 17.0 Å². The maximum Gasteiger partial charge on any atom is 0.324 e. The molecule has 0 N–H and O–H groups in total. The summed E-state index contributed by atoms with van der Waals surface area (Å²) in [6, 6.07) is -0.641. The monoisotopic (exact) mass is 290 g/mol. The third-order valence-corrected chi connectivity index (χ3v) is 5.91. The van der Waals surface area contributed by atoms with Gasteiger partial charge in [0.25, 0.3) is 10.2 Å². The van der Waals surface area contributed by atoms with Crippen LogP contribution in [0.15, 0.2) is 0 Å². The minimum atomic E-state index is -3.52. The summed E-state index contributed by atoms with van der Waals surface area (Å²) < 4.78 is 32.8. The first-order valence-corrected chi connectivity index (χ1v) is 8.32. The number of methoxy groups -OCH3 is 1. The van der Waals surface area contributed by atoms with Gasteiger partial charge in [-0.05, 0) is 25.7 Å². The molecule has 2 fully saturated rings. The van der Waals surface area contributed by atoms with Gasteiger partial charge in [0.2, 0.25) is 0 Å². The topological polar surface area (TPSA) is 66.9 Å². The highest BCUT2D eigenvalue weighted by Crippen LogP contribution is 2.25. The molecule has 0 bridgehead atoms. The molecule has 0 aromatic rings. The Balaban J connectivity index is 2.15. The van der Waals surface area contributed by atoms with E-state index in [9.17, 15) is 13.2 Å². The van der Waals surface area contributed by atoms with E-state index >= 15 is 0 Å². The van der Waals surface area contributed by atoms with Crippen LogP contribution in [0.25, 0.3) is 0 Å². The molecule has 2 saturated heterocycles. The summed E-state index contributed by atoms with van der Waals surface area (Å²) in [6.45, 7) is 1.54. The van der Waals surface area contributed by atoms with Crippen LogP contribution in [0, 0.1) is 0 Å². The molecule has 2 rings (SSSR count). The highest BCUT2D eigenvalue weighted by atomic mass is 32.2. The van der Waals surface area contributed by atoms with E-state index < -0.39 is 22.2 Å². The first-order chi connectivity index (χ1) is 9.07. The summed E-state index contributed by atoms with van der Waals surface area (Å²) in [4.78, 5) is 11.7. The number of hydrogen-bond acceptors (Lipinski definition) is 4. The Morgan fingerprint density at radius 2 is 1.68 bits per heavy atom. The first kappa shape index (κ1) is 14.7. The molecule has 110 valence electrons. The normalized spacial score (nSPS) is 27.1. The van der Waals surface area contributed by atoms with Crippen LogP contribution in [0.4, 0.5) is 0 Å². The van der Waals surface area contributed by atoms with Gasteiger partial charge in [0.05, 0.1) is 7.11 Å². The van der Waals surface area contributed by atoms with Crippen LogP contribution >= 0.6 is 0 Å². The lowest BCUT2D eigenvalue weighted by atomic mass is 10.2. The smallest absolute Gasteiger partial charge is 0.324 e. The van der Waals surface area contributed by atoms with Gasteiger partial charge >= 0.3 is 5.97 Å². The maximum absolute atomic E-state index is 12.6. The van der Waals surface area contributed by atoms with Crippen LogP contribution in [-0.2, 0) is 19.7 Å². The first-order valence-electron chi connectivity index (χ1n) is 6.92. The van der Waals surface area contributed by atoms with Crippen LogP contribution in [0.1, 0.15) is 38.5 Å². The number of rotatable bonds is 3. The maximum atomic E-state index is 12.6. The van der Waals surface area contributed by atoms with Crippen molar-refractivity contribution in [1.82, 2.24) is 8.61 Å². The molecule has 6 nitrogen and oxygen atoms in total. The number of nitrogens with zero attached hydrogens (tertiary/aromatic N) is 2. The lowest BCUT2D eigenvalue weighted by Crippen LogP contribution is -2.49. The van der Waals surface area contributed by atoms with E-state index in [2.05, 4.69) is 0 Å². The highest BCUT2D eigenvalue weighted by molar-refractivity contribution is 7.86. The summed E-state index contributed by atoms with van der Waals surface area (Å²) in [6.07, 6.45) is 5.22. The van der Waals surface area contributed by atoms with Crippen molar-refractivity contribution in [2.45, 2.75) is 44.6 Å². The van der Waals surface area contributed by atoms with Crippen molar-refractivity contribution in [2.24, 2.45) is 0 Å². The molecule has 19 heavy (non-hydrogen) atoms. The van der Waals surface area contributed by atoms with Gasteiger partial charge in [-0.25, -0.2) is 0 Å². The average Bonchev–Trinajstić information content (AvgIpc) is 2.73. The van der Waals surface area contributed by atoms with Crippen LogP contribution in [-0.4, -0.2) is 55.8 Å². The second-order valence-electron chi connectivity index (χ2n) is 5.11. The number of carbonyl (C=O) groups excluding carboxylic acids is 1. The fraction of sp³-hybridized carbons (Fsp3) is 0.917. The average molecular weight is 290 g/mol. The van der Waals surface area contributed by atoms with Crippen molar-refractivity contribution in [3.8, 4) is 0 Å². The van der Waals surface area contributed by atoms with Gasteiger partial charge in [-0.15, -0.1) is 0 Å². The van der Waals surface area contributed by atoms with Gasteiger partial charge in [0.15, 0.2) is 0 Å². The van der Waals surface area contributed by atoms with Gasteiger partial charge in [0, 0.05) is 19.6 Å².